The number of carbonyl (C=O) groups is 1. The zero-order chi connectivity index (χ0) is 19.4. The van der Waals surface area contributed by atoms with E-state index < -0.39 is 0 Å². The molecule has 142 valence electrons. The number of nitrogens with one attached hydrogen (secondary N) is 3. The molecule has 0 spiro atoms. The molecule has 1 unspecified atom stereocenters. The van der Waals surface area contributed by atoms with Gasteiger partial charge in [-0.05, 0) is 59.9 Å². The Labute approximate surface area is 168 Å². The molecule has 2 aliphatic rings. The Hall–Kier alpha value is -3.60. The molecule has 0 fully saturated rings. The quantitative estimate of drug-likeness (QED) is 0.491. The van der Waals surface area contributed by atoms with Crippen molar-refractivity contribution in [3.05, 3.63) is 77.4 Å². The maximum Gasteiger partial charge on any atom is 0.232 e. The zero-order valence-electron chi connectivity index (χ0n) is 15.8. The van der Waals surface area contributed by atoms with Crippen LogP contribution in [-0.2, 0) is 17.6 Å². The van der Waals surface area contributed by atoms with Crippen LogP contribution in [0.1, 0.15) is 22.6 Å². The number of hydrogen-bond acceptors (Lipinski definition) is 3. The summed E-state index contributed by atoms with van der Waals surface area (Å²) in [5.41, 5.74) is 8.72. The first kappa shape index (κ1) is 16.4. The van der Waals surface area contributed by atoms with Crippen molar-refractivity contribution >= 4 is 28.2 Å². The van der Waals surface area contributed by atoms with Crippen LogP contribution in [0.3, 0.4) is 0 Å². The summed E-state index contributed by atoms with van der Waals surface area (Å²) in [5.74, 6) is -0.00775. The zero-order valence-corrected chi connectivity index (χ0v) is 15.8. The predicted octanol–water partition coefficient (Wildman–Crippen LogP) is 4.48. The Balaban J connectivity index is 1.31. The molecule has 0 bridgehead atoms. The monoisotopic (exact) mass is 380 g/mol. The summed E-state index contributed by atoms with van der Waals surface area (Å²) in [6.45, 7) is 0.987. The lowest BCUT2D eigenvalue weighted by Gasteiger charge is -2.28. The fourth-order valence-corrected chi connectivity index (χ4v) is 4.49. The first-order chi connectivity index (χ1) is 14.3. The lowest BCUT2D eigenvalue weighted by molar-refractivity contribution is -0.118. The number of H-pyrrole nitrogens is 1. The van der Waals surface area contributed by atoms with Crippen molar-refractivity contribution in [2.75, 3.05) is 17.2 Å². The number of aromatic nitrogens is 2. The molecule has 1 aliphatic carbocycles. The van der Waals surface area contributed by atoms with Crippen LogP contribution in [0.25, 0.3) is 22.2 Å². The molecule has 3 aromatic carbocycles. The molecule has 4 aromatic rings. The van der Waals surface area contributed by atoms with E-state index in [1.54, 1.807) is 0 Å². The van der Waals surface area contributed by atoms with E-state index in [0.29, 0.717) is 0 Å². The van der Waals surface area contributed by atoms with E-state index in [-0.39, 0.29) is 11.8 Å². The summed E-state index contributed by atoms with van der Waals surface area (Å²) in [7, 11) is 0. The van der Waals surface area contributed by atoms with Gasteiger partial charge in [0.2, 0.25) is 5.91 Å². The maximum atomic E-state index is 12.8. The molecule has 1 atom stereocenters. The normalized spacial score (nSPS) is 16.6. The molecule has 1 aliphatic heterocycles. The molecule has 3 N–H and O–H groups in total. The van der Waals surface area contributed by atoms with Crippen LogP contribution >= 0.6 is 0 Å². The van der Waals surface area contributed by atoms with Crippen LogP contribution in [0.5, 0.6) is 0 Å². The van der Waals surface area contributed by atoms with E-state index in [2.05, 4.69) is 45.1 Å². The van der Waals surface area contributed by atoms with Crippen molar-refractivity contribution < 1.29 is 4.79 Å². The van der Waals surface area contributed by atoms with Gasteiger partial charge in [-0.25, -0.2) is 0 Å². The van der Waals surface area contributed by atoms with Crippen LogP contribution < -0.4 is 10.6 Å². The Morgan fingerprint density at radius 1 is 1.03 bits per heavy atom. The van der Waals surface area contributed by atoms with Gasteiger partial charge < -0.3 is 10.6 Å². The molecule has 1 aromatic heterocycles. The minimum Gasteiger partial charge on any atom is -0.384 e. The summed E-state index contributed by atoms with van der Waals surface area (Å²) in [6.07, 6.45) is 1.85. The number of rotatable bonds is 3. The standard InChI is InChI=1S/C24H20N4O/c29-24(19-12-14-3-1-2-4-18(14)19)26-17-6-8-22-20(13-17)23(28-27-22)16-5-7-21-15(11-16)9-10-25-21/h1-8,11,13,19,25H,9-10,12H2,(H,26,29)(H,27,28). The average molecular weight is 380 g/mol. The van der Waals surface area contributed by atoms with Gasteiger partial charge in [-0.2, -0.15) is 5.10 Å². The van der Waals surface area contributed by atoms with E-state index in [1.807, 2.05) is 36.4 Å². The fourth-order valence-electron chi connectivity index (χ4n) is 4.49. The maximum absolute atomic E-state index is 12.8. The van der Waals surface area contributed by atoms with Crippen LogP contribution in [0, 0.1) is 0 Å². The minimum atomic E-state index is -0.0603. The molecule has 0 saturated heterocycles. The third-order valence-corrected chi connectivity index (χ3v) is 6.09. The number of amides is 1. The second kappa shape index (κ2) is 6.21. The number of benzene rings is 3. The highest BCUT2D eigenvalue weighted by Gasteiger charge is 2.31. The van der Waals surface area contributed by atoms with Gasteiger partial charge in [0, 0.05) is 28.9 Å². The fraction of sp³-hybridized carbons (Fsp3) is 0.167. The van der Waals surface area contributed by atoms with Gasteiger partial charge in [-0.3, -0.25) is 9.89 Å². The van der Waals surface area contributed by atoms with Gasteiger partial charge >= 0.3 is 0 Å². The number of carbonyl (C=O) groups excluding carboxylic acids is 1. The molecule has 6 rings (SSSR count). The van der Waals surface area contributed by atoms with Gasteiger partial charge in [0.05, 0.1) is 17.1 Å². The van der Waals surface area contributed by atoms with Crippen molar-refractivity contribution in [1.29, 1.82) is 0 Å². The molecule has 5 nitrogen and oxygen atoms in total. The molecule has 29 heavy (non-hydrogen) atoms. The minimum absolute atomic E-state index is 0.0525. The first-order valence-corrected chi connectivity index (χ1v) is 10.0. The van der Waals surface area contributed by atoms with Gasteiger partial charge in [-0.15, -0.1) is 0 Å². The Morgan fingerprint density at radius 3 is 2.90 bits per heavy atom. The summed E-state index contributed by atoms with van der Waals surface area (Å²) in [6, 6.07) is 20.5. The van der Waals surface area contributed by atoms with Crippen molar-refractivity contribution in [2.45, 2.75) is 18.8 Å². The molecule has 1 amide bonds. The lowest BCUT2D eigenvalue weighted by Crippen LogP contribution is -2.30. The highest BCUT2D eigenvalue weighted by atomic mass is 16.1. The second-order valence-corrected chi connectivity index (χ2v) is 7.83. The molecule has 0 radical (unpaired) electrons. The summed E-state index contributed by atoms with van der Waals surface area (Å²) in [5, 5.41) is 15.2. The van der Waals surface area contributed by atoms with E-state index in [1.165, 1.54) is 16.8 Å². The number of hydrogen-bond donors (Lipinski definition) is 3. The van der Waals surface area contributed by atoms with Crippen molar-refractivity contribution in [2.24, 2.45) is 0 Å². The lowest BCUT2D eigenvalue weighted by atomic mass is 9.77. The number of aromatic amines is 1. The topological polar surface area (TPSA) is 69.8 Å². The summed E-state index contributed by atoms with van der Waals surface area (Å²) < 4.78 is 0. The van der Waals surface area contributed by atoms with Gasteiger partial charge in [0.25, 0.3) is 0 Å². The van der Waals surface area contributed by atoms with Crippen LogP contribution in [-0.4, -0.2) is 22.6 Å². The average Bonchev–Trinajstić information content (AvgIpc) is 3.34. The Bertz CT molecular complexity index is 1270. The van der Waals surface area contributed by atoms with E-state index in [9.17, 15) is 4.79 Å². The van der Waals surface area contributed by atoms with Crippen molar-refractivity contribution in [3.8, 4) is 11.3 Å². The molecule has 5 heteroatoms. The number of fused-ring (bicyclic) bond motifs is 3. The van der Waals surface area contributed by atoms with Gasteiger partial charge in [-0.1, -0.05) is 30.3 Å². The predicted molar refractivity (Wildman–Crippen MR) is 115 cm³/mol. The van der Waals surface area contributed by atoms with Gasteiger partial charge in [0.15, 0.2) is 0 Å². The third kappa shape index (κ3) is 2.62. The molecule has 0 saturated carbocycles. The number of anilines is 2. The summed E-state index contributed by atoms with van der Waals surface area (Å²) in [4.78, 5) is 12.8. The van der Waals surface area contributed by atoms with Gasteiger partial charge in [0.1, 0.15) is 0 Å². The van der Waals surface area contributed by atoms with Crippen LogP contribution in [0.15, 0.2) is 60.7 Å². The van der Waals surface area contributed by atoms with E-state index >= 15 is 0 Å². The van der Waals surface area contributed by atoms with E-state index in [4.69, 9.17) is 0 Å². The first-order valence-electron chi connectivity index (χ1n) is 10.0. The van der Waals surface area contributed by atoms with Crippen molar-refractivity contribution in [3.63, 3.8) is 0 Å². The van der Waals surface area contributed by atoms with E-state index in [0.717, 1.165) is 52.8 Å². The molecular weight excluding hydrogens is 360 g/mol. The second-order valence-electron chi connectivity index (χ2n) is 7.83. The molecular formula is C24H20N4O. The highest BCUT2D eigenvalue weighted by Crippen LogP contribution is 2.36. The van der Waals surface area contributed by atoms with Crippen LogP contribution in [0.4, 0.5) is 11.4 Å². The van der Waals surface area contributed by atoms with Crippen molar-refractivity contribution in [1.82, 2.24) is 10.2 Å². The highest BCUT2D eigenvalue weighted by molar-refractivity contribution is 6.01. The molecule has 2 heterocycles. The number of nitrogens with zero attached hydrogens (tertiary/aromatic N) is 1. The SMILES string of the molecule is O=C(Nc1ccc2[nH]nc(-c3ccc4c(c3)CCN4)c2c1)C1Cc2ccccc21. The largest absolute Gasteiger partial charge is 0.384 e. The third-order valence-electron chi connectivity index (χ3n) is 6.09. The smallest absolute Gasteiger partial charge is 0.232 e. The summed E-state index contributed by atoms with van der Waals surface area (Å²) >= 11 is 0. The Kier molecular flexibility index (Phi) is 3.50. The Morgan fingerprint density at radius 2 is 1.97 bits per heavy atom. The van der Waals surface area contributed by atoms with Crippen LogP contribution in [0.2, 0.25) is 0 Å².